The predicted molar refractivity (Wildman–Crippen MR) is 127 cm³/mol. The van der Waals surface area contributed by atoms with Gasteiger partial charge in [0.15, 0.2) is 0 Å². The molecule has 0 radical (unpaired) electrons. The van der Waals surface area contributed by atoms with Crippen molar-refractivity contribution in [1.82, 2.24) is 9.47 Å². The molecule has 0 aliphatic heterocycles. The van der Waals surface area contributed by atoms with E-state index in [0.717, 1.165) is 26.5 Å². The molecule has 0 saturated carbocycles. The molecule has 30 heavy (non-hydrogen) atoms. The van der Waals surface area contributed by atoms with Crippen molar-refractivity contribution in [1.29, 1.82) is 0 Å². The maximum Gasteiger partial charge on any atom is 0.271 e. The van der Waals surface area contributed by atoms with Crippen molar-refractivity contribution in [3.8, 4) is 0 Å². The zero-order valence-corrected chi connectivity index (χ0v) is 18.3. The molecule has 0 saturated heterocycles. The summed E-state index contributed by atoms with van der Waals surface area (Å²) >= 11 is 3.55. The van der Waals surface area contributed by atoms with Crippen molar-refractivity contribution >= 4 is 32.7 Å². The van der Waals surface area contributed by atoms with Crippen LogP contribution in [0.25, 0.3) is 10.9 Å². The number of amides is 1. The third kappa shape index (κ3) is 4.39. The van der Waals surface area contributed by atoms with Crippen molar-refractivity contribution in [2.24, 2.45) is 0 Å². The fourth-order valence-electron chi connectivity index (χ4n) is 3.70. The van der Waals surface area contributed by atoms with E-state index in [-0.39, 0.29) is 5.91 Å². The topological polar surface area (TPSA) is 25.2 Å². The number of hydrogen-bond donors (Lipinski definition) is 0. The first-order valence-electron chi connectivity index (χ1n) is 9.92. The van der Waals surface area contributed by atoms with Crippen LogP contribution in [0.4, 0.5) is 0 Å². The number of carbonyl (C=O) groups is 1. The summed E-state index contributed by atoms with van der Waals surface area (Å²) in [4.78, 5) is 15.5. The smallest absolute Gasteiger partial charge is 0.271 e. The summed E-state index contributed by atoms with van der Waals surface area (Å²) in [6.45, 7) is 5.53. The molecule has 0 aliphatic rings. The van der Waals surface area contributed by atoms with Gasteiger partial charge in [-0.2, -0.15) is 0 Å². The number of aromatic nitrogens is 1. The standard InChI is InChI=1S/C26H23BrN2O/c1-2-15-28(18-20-9-5-3-6-10-20)26(30)25-17-22-16-23(27)13-14-24(22)29(25)19-21-11-7-4-8-12-21/h2-14,16-17H,1,15,18-19H2. The second-order valence-corrected chi connectivity index (χ2v) is 8.18. The Morgan fingerprint density at radius 1 is 0.933 bits per heavy atom. The molecule has 1 amide bonds. The van der Waals surface area contributed by atoms with Crippen LogP contribution in [-0.4, -0.2) is 21.9 Å². The van der Waals surface area contributed by atoms with Crippen LogP contribution in [0.15, 0.2) is 102 Å². The van der Waals surface area contributed by atoms with E-state index in [4.69, 9.17) is 0 Å². The van der Waals surface area contributed by atoms with Gasteiger partial charge < -0.3 is 9.47 Å². The second-order valence-electron chi connectivity index (χ2n) is 7.26. The van der Waals surface area contributed by atoms with E-state index in [2.05, 4.69) is 51.3 Å². The summed E-state index contributed by atoms with van der Waals surface area (Å²) in [5, 5.41) is 1.04. The molecule has 0 fully saturated rings. The highest BCUT2D eigenvalue weighted by Gasteiger charge is 2.21. The minimum atomic E-state index is 0.00186. The minimum Gasteiger partial charge on any atom is -0.332 e. The van der Waals surface area contributed by atoms with Crippen LogP contribution in [0.3, 0.4) is 0 Å². The lowest BCUT2D eigenvalue weighted by atomic mass is 10.2. The van der Waals surface area contributed by atoms with E-state index in [1.807, 2.05) is 65.6 Å². The highest BCUT2D eigenvalue weighted by atomic mass is 79.9. The van der Waals surface area contributed by atoms with Crippen LogP contribution < -0.4 is 0 Å². The maximum absolute atomic E-state index is 13.7. The fourth-order valence-corrected chi connectivity index (χ4v) is 4.07. The summed E-state index contributed by atoms with van der Waals surface area (Å²) in [5.41, 5.74) is 3.99. The third-order valence-corrected chi connectivity index (χ3v) is 5.61. The Balaban J connectivity index is 1.76. The molecule has 3 nitrogen and oxygen atoms in total. The highest BCUT2D eigenvalue weighted by Crippen LogP contribution is 2.26. The van der Waals surface area contributed by atoms with E-state index in [9.17, 15) is 4.79 Å². The lowest BCUT2D eigenvalue weighted by Crippen LogP contribution is -2.32. The van der Waals surface area contributed by atoms with Gasteiger partial charge in [-0.25, -0.2) is 0 Å². The molecule has 0 N–H and O–H groups in total. The highest BCUT2D eigenvalue weighted by molar-refractivity contribution is 9.10. The summed E-state index contributed by atoms with van der Waals surface area (Å²) in [6.07, 6.45) is 1.78. The van der Waals surface area contributed by atoms with Crippen LogP contribution >= 0.6 is 15.9 Å². The monoisotopic (exact) mass is 458 g/mol. The molecule has 0 unspecified atom stereocenters. The molecule has 1 heterocycles. The summed E-state index contributed by atoms with van der Waals surface area (Å²) in [7, 11) is 0. The SMILES string of the molecule is C=CCN(Cc1ccccc1)C(=O)c1cc2cc(Br)ccc2n1Cc1ccccc1. The van der Waals surface area contributed by atoms with E-state index in [1.54, 1.807) is 6.08 Å². The lowest BCUT2D eigenvalue weighted by molar-refractivity contribution is 0.0753. The Morgan fingerprint density at radius 3 is 2.27 bits per heavy atom. The summed E-state index contributed by atoms with van der Waals surface area (Å²) in [6, 6.07) is 28.4. The first-order chi connectivity index (χ1) is 14.7. The Kier molecular flexibility index (Phi) is 6.15. The number of benzene rings is 3. The molecule has 0 atom stereocenters. The average Bonchev–Trinajstić information content (AvgIpc) is 3.11. The van der Waals surface area contributed by atoms with Gasteiger partial charge in [0.25, 0.3) is 5.91 Å². The number of hydrogen-bond acceptors (Lipinski definition) is 1. The molecule has 3 aromatic carbocycles. The van der Waals surface area contributed by atoms with Crippen molar-refractivity contribution in [2.75, 3.05) is 6.54 Å². The van der Waals surface area contributed by atoms with Gasteiger partial charge in [-0.1, -0.05) is 82.7 Å². The lowest BCUT2D eigenvalue weighted by Gasteiger charge is -2.22. The maximum atomic E-state index is 13.7. The van der Waals surface area contributed by atoms with E-state index < -0.39 is 0 Å². The number of fused-ring (bicyclic) bond motifs is 1. The number of halogens is 1. The van der Waals surface area contributed by atoms with E-state index in [1.165, 1.54) is 0 Å². The van der Waals surface area contributed by atoms with Crippen molar-refractivity contribution in [3.05, 3.63) is 119 Å². The molecule has 4 rings (SSSR count). The Bertz CT molecular complexity index is 1170. The van der Waals surface area contributed by atoms with Gasteiger partial charge in [0.05, 0.1) is 0 Å². The number of nitrogens with zero attached hydrogens (tertiary/aromatic N) is 2. The van der Waals surface area contributed by atoms with Gasteiger partial charge in [0.2, 0.25) is 0 Å². The molecule has 150 valence electrons. The van der Waals surface area contributed by atoms with Gasteiger partial charge in [-0.15, -0.1) is 6.58 Å². The Morgan fingerprint density at radius 2 is 1.60 bits per heavy atom. The van der Waals surface area contributed by atoms with Crippen molar-refractivity contribution in [2.45, 2.75) is 13.1 Å². The molecule has 1 aromatic heterocycles. The fraction of sp³-hybridized carbons (Fsp3) is 0.115. The molecule has 0 aliphatic carbocycles. The molecule has 0 bridgehead atoms. The van der Waals surface area contributed by atoms with Gasteiger partial charge >= 0.3 is 0 Å². The first-order valence-corrected chi connectivity index (χ1v) is 10.7. The number of rotatable bonds is 7. The van der Waals surface area contributed by atoms with Crippen LogP contribution in [0.2, 0.25) is 0 Å². The zero-order valence-electron chi connectivity index (χ0n) is 16.7. The Hall–Kier alpha value is -3.11. The molecular formula is C26H23BrN2O. The van der Waals surface area contributed by atoms with Crippen LogP contribution in [0, 0.1) is 0 Å². The largest absolute Gasteiger partial charge is 0.332 e. The number of carbonyl (C=O) groups excluding carboxylic acids is 1. The van der Waals surface area contributed by atoms with Gasteiger partial charge in [0.1, 0.15) is 5.69 Å². The molecule has 0 spiro atoms. The van der Waals surface area contributed by atoms with Crippen LogP contribution in [0.5, 0.6) is 0 Å². The van der Waals surface area contributed by atoms with Crippen molar-refractivity contribution < 1.29 is 4.79 Å². The van der Waals surface area contributed by atoms with E-state index >= 15 is 0 Å². The van der Waals surface area contributed by atoms with Crippen LogP contribution in [-0.2, 0) is 13.1 Å². The quantitative estimate of drug-likeness (QED) is 0.299. The molecule has 4 heteroatoms. The zero-order chi connectivity index (χ0) is 20.9. The van der Waals surface area contributed by atoms with Gasteiger partial charge in [-0.3, -0.25) is 4.79 Å². The van der Waals surface area contributed by atoms with Gasteiger partial charge in [0, 0.05) is 35.0 Å². The Labute approximate surface area is 185 Å². The predicted octanol–water partition coefficient (Wildman–Crippen LogP) is 6.28. The van der Waals surface area contributed by atoms with Crippen molar-refractivity contribution in [3.63, 3.8) is 0 Å². The molecular weight excluding hydrogens is 436 g/mol. The normalized spacial score (nSPS) is 10.8. The summed E-state index contributed by atoms with van der Waals surface area (Å²) < 4.78 is 3.11. The molecule has 4 aromatic rings. The minimum absolute atomic E-state index is 0.00186. The first kappa shape index (κ1) is 20.2. The van der Waals surface area contributed by atoms with E-state index in [0.29, 0.717) is 25.3 Å². The van der Waals surface area contributed by atoms with Gasteiger partial charge in [-0.05, 0) is 35.4 Å². The third-order valence-electron chi connectivity index (χ3n) is 5.12. The second kappa shape index (κ2) is 9.14. The van der Waals surface area contributed by atoms with Crippen LogP contribution in [0.1, 0.15) is 21.6 Å². The average molecular weight is 459 g/mol. The summed E-state index contributed by atoms with van der Waals surface area (Å²) in [5.74, 6) is 0.00186.